The molecule has 1 aromatic heterocycles. The third-order valence-electron chi connectivity index (χ3n) is 0.975. The first-order valence-corrected chi connectivity index (χ1v) is 4.51. The lowest BCUT2D eigenvalue weighted by Crippen LogP contribution is -1.68. The Morgan fingerprint density at radius 2 is 2.50 bits per heavy atom. The smallest absolute Gasteiger partial charge is 0.0615 e. The summed E-state index contributed by atoms with van der Waals surface area (Å²) in [7, 11) is 0. The standard InChI is InChI=1S/C7H7BrOS/c8-6-4-7(10-5-6)2-1-3-9/h1-2,4-5,9H,3H2/b2-1+. The zero-order valence-electron chi connectivity index (χ0n) is 5.25. The van der Waals surface area contributed by atoms with Gasteiger partial charge in [-0.15, -0.1) is 11.3 Å². The summed E-state index contributed by atoms with van der Waals surface area (Å²) in [6, 6.07) is 2.01. The van der Waals surface area contributed by atoms with Crippen LogP contribution in [0.2, 0.25) is 0 Å². The Morgan fingerprint density at radius 1 is 1.70 bits per heavy atom. The summed E-state index contributed by atoms with van der Waals surface area (Å²) in [6.07, 6.45) is 3.62. The highest BCUT2D eigenvalue weighted by Crippen LogP contribution is 2.20. The summed E-state index contributed by atoms with van der Waals surface area (Å²) in [4.78, 5) is 1.15. The Morgan fingerprint density at radius 3 is 3.00 bits per heavy atom. The number of thiophene rings is 1. The van der Waals surface area contributed by atoms with E-state index in [1.54, 1.807) is 17.4 Å². The third-order valence-corrected chi connectivity index (χ3v) is 2.63. The van der Waals surface area contributed by atoms with Gasteiger partial charge in [-0.2, -0.15) is 0 Å². The lowest BCUT2D eigenvalue weighted by Gasteiger charge is -1.79. The maximum atomic E-state index is 8.44. The monoisotopic (exact) mass is 218 g/mol. The minimum atomic E-state index is 0.107. The molecule has 0 bridgehead atoms. The molecule has 1 aromatic rings. The van der Waals surface area contributed by atoms with Gasteiger partial charge >= 0.3 is 0 Å². The number of aliphatic hydroxyl groups is 1. The van der Waals surface area contributed by atoms with Crippen molar-refractivity contribution in [2.75, 3.05) is 6.61 Å². The SMILES string of the molecule is OC/C=C/c1cc(Br)cs1. The van der Waals surface area contributed by atoms with Crippen LogP contribution < -0.4 is 0 Å². The van der Waals surface area contributed by atoms with Crippen LogP contribution in [0.3, 0.4) is 0 Å². The number of hydrogen-bond donors (Lipinski definition) is 1. The Balaban J connectivity index is 2.67. The van der Waals surface area contributed by atoms with Gasteiger partial charge in [-0.05, 0) is 28.1 Å². The molecule has 0 atom stereocenters. The number of aliphatic hydroxyl groups excluding tert-OH is 1. The van der Waals surface area contributed by atoms with E-state index in [0.29, 0.717) is 0 Å². The molecule has 0 radical (unpaired) electrons. The van der Waals surface area contributed by atoms with E-state index in [0.717, 1.165) is 9.35 Å². The van der Waals surface area contributed by atoms with Crippen molar-refractivity contribution in [3.05, 3.63) is 26.9 Å². The molecule has 0 aliphatic rings. The molecular weight excluding hydrogens is 212 g/mol. The molecule has 0 saturated heterocycles. The van der Waals surface area contributed by atoms with Crippen molar-refractivity contribution in [1.82, 2.24) is 0 Å². The van der Waals surface area contributed by atoms with Gasteiger partial charge in [0.05, 0.1) is 6.61 Å². The summed E-state index contributed by atoms with van der Waals surface area (Å²) < 4.78 is 1.09. The minimum Gasteiger partial charge on any atom is -0.392 e. The molecule has 3 heteroatoms. The van der Waals surface area contributed by atoms with Crippen LogP contribution in [0.5, 0.6) is 0 Å². The van der Waals surface area contributed by atoms with Crippen molar-refractivity contribution < 1.29 is 5.11 Å². The molecule has 0 aromatic carbocycles. The van der Waals surface area contributed by atoms with Gasteiger partial charge < -0.3 is 5.11 Å². The van der Waals surface area contributed by atoms with Gasteiger partial charge in [-0.1, -0.05) is 6.08 Å². The van der Waals surface area contributed by atoms with Gasteiger partial charge in [-0.3, -0.25) is 0 Å². The number of halogens is 1. The van der Waals surface area contributed by atoms with E-state index in [-0.39, 0.29) is 6.61 Å². The van der Waals surface area contributed by atoms with Gasteiger partial charge in [0.25, 0.3) is 0 Å². The van der Waals surface area contributed by atoms with Gasteiger partial charge in [0.1, 0.15) is 0 Å². The van der Waals surface area contributed by atoms with Crippen molar-refractivity contribution in [1.29, 1.82) is 0 Å². The molecule has 54 valence electrons. The van der Waals surface area contributed by atoms with Crippen LogP contribution in [0.1, 0.15) is 4.88 Å². The molecule has 1 heterocycles. The van der Waals surface area contributed by atoms with Crippen LogP contribution in [0.25, 0.3) is 6.08 Å². The minimum absolute atomic E-state index is 0.107. The fraction of sp³-hybridized carbons (Fsp3) is 0.143. The molecule has 0 aliphatic heterocycles. The predicted molar refractivity (Wildman–Crippen MR) is 48.1 cm³/mol. The average Bonchev–Trinajstić information content (AvgIpc) is 2.31. The van der Waals surface area contributed by atoms with Crippen molar-refractivity contribution in [3.8, 4) is 0 Å². The first-order chi connectivity index (χ1) is 4.83. The largest absolute Gasteiger partial charge is 0.392 e. The van der Waals surface area contributed by atoms with Crippen molar-refractivity contribution in [2.24, 2.45) is 0 Å². The number of rotatable bonds is 2. The number of hydrogen-bond acceptors (Lipinski definition) is 2. The topological polar surface area (TPSA) is 20.2 Å². The van der Waals surface area contributed by atoms with Crippen LogP contribution in [0.15, 0.2) is 22.0 Å². The van der Waals surface area contributed by atoms with Crippen LogP contribution >= 0.6 is 27.3 Å². The highest BCUT2D eigenvalue weighted by Gasteiger charge is 1.90. The molecule has 0 unspecified atom stereocenters. The predicted octanol–water partition coefficient (Wildman–Crippen LogP) is 2.52. The van der Waals surface area contributed by atoms with Crippen LogP contribution in [-0.4, -0.2) is 11.7 Å². The summed E-state index contributed by atoms with van der Waals surface area (Å²) >= 11 is 4.98. The molecule has 0 spiro atoms. The zero-order chi connectivity index (χ0) is 7.40. The fourth-order valence-corrected chi connectivity index (χ4v) is 1.95. The Kier molecular flexibility index (Phi) is 3.12. The van der Waals surface area contributed by atoms with E-state index in [1.807, 2.05) is 17.5 Å². The Hall–Kier alpha value is -0.120. The average molecular weight is 219 g/mol. The van der Waals surface area contributed by atoms with Crippen LogP contribution in [0, 0.1) is 0 Å². The molecule has 1 nitrogen and oxygen atoms in total. The fourth-order valence-electron chi connectivity index (χ4n) is 0.585. The second-order valence-corrected chi connectivity index (χ2v) is 3.61. The molecule has 1 rings (SSSR count). The summed E-state index contributed by atoms with van der Waals surface area (Å²) in [5, 5.41) is 10.5. The molecule has 1 N–H and O–H groups in total. The highest BCUT2D eigenvalue weighted by molar-refractivity contribution is 9.10. The molecular formula is C7H7BrOS. The van der Waals surface area contributed by atoms with Crippen molar-refractivity contribution in [3.63, 3.8) is 0 Å². The molecule has 10 heavy (non-hydrogen) atoms. The summed E-state index contributed by atoms with van der Waals surface area (Å²) in [5.74, 6) is 0. The lowest BCUT2D eigenvalue weighted by molar-refractivity contribution is 0.343. The van der Waals surface area contributed by atoms with Gasteiger partial charge in [0.2, 0.25) is 0 Å². The van der Waals surface area contributed by atoms with E-state index in [2.05, 4.69) is 15.9 Å². The summed E-state index contributed by atoms with van der Waals surface area (Å²) in [5.41, 5.74) is 0. The van der Waals surface area contributed by atoms with Gasteiger partial charge in [0.15, 0.2) is 0 Å². The van der Waals surface area contributed by atoms with Crippen LogP contribution in [-0.2, 0) is 0 Å². The first-order valence-electron chi connectivity index (χ1n) is 2.84. The maximum Gasteiger partial charge on any atom is 0.0615 e. The molecule has 0 aliphatic carbocycles. The van der Waals surface area contributed by atoms with Gasteiger partial charge in [0, 0.05) is 14.7 Å². The highest BCUT2D eigenvalue weighted by atomic mass is 79.9. The second kappa shape index (κ2) is 3.91. The zero-order valence-corrected chi connectivity index (χ0v) is 7.65. The molecule has 0 saturated carbocycles. The van der Waals surface area contributed by atoms with E-state index in [1.165, 1.54) is 0 Å². The second-order valence-electron chi connectivity index (χ2n) is 1.75. The van der Waals surface area contributed by atoms with E-state index in [4.69, 9.17) is 5.11 Å². The van der Waals surface area contributed by atoms with E-state index < -0.39 is 0 Å². The Labute approximate surface area is 72.1 Å². The lowest BCUT2D eigenvalue weighted by atomic mass is 10.4. The third kappa shape index (κ3) is 2.25. The normalized spacial score (nSPS) is 11.0. The quantitative estimate of drug-likeness (QED) is 0.810. The first kappa shape index (κ1) is 7.98. The Bertz CT molecular complexity index is 229. The van der Waals surface area contributed by atoms with Crippen molar-refractivity contribution >= 4 is 33.3 Å². The van der Waals surface area contributed by atoms with Crippen molar-refractivity contribution in [2.45, 2.75) is 0 Å². The van der Waals surface area contributed by atoms with E-state index in [9.17, 15) is 0 Å². The van der Waals surface area contributed by atoms with Crippen LogP contribution in [0.4, 0.5) is 0 Å². The van der Waals surface area contributed by atoms with Gasteiger partial charge in [-0.25, -0.2) is 0 Å². The maximum absolute atomic E-state index is 8.44. The molecule has 0 fully saturated rings. The molecule has 0 amide bonds. The summed E-state index contributed by atoms with van der Waals surface area (Å²) in [6.45, 7) is 0.107. The van der Waals surface area contributed by atoms with E-state index >= 15 is 0 Å².